The van der Waals surface area contributed by atoms with Crippen LogP contribution in [0, 0.1) is 6.92 Å². The minimum Gasteiger partial charge on any atom is -0.381 e. The van der Waals surface area contributed by atoms with Gasteiger partial charge in [-0.25, -0.2) is 4.98 Å². The largest absolute Gasteiger partial charge is 0.381 e. The normalized spacial score (nSPS) is 19.6. The number of pyridine rings is 1. The van der Waals surface area contributed by atoms with Crippen LogP contribution in [0.2, 0.25) is 0 Å². The SMILES string of the molecule is COC1CCc2c(c3ccc(C)nc3n2C)C1. The van der Waals surface area contributed by atoms with Crippen LogP contribution in [-0.2, 0) is 24.6 Å². The maximum Gasteiger partial charge on any atom is 0.140 e. The Morgan fingerprint density at radius 2 is 2.24 bits per heavy atom. The van der Waals surface area contributed by atoms with E-state index in [2.05, 4.69) is 28.7 Å². The Bertz CT molecular complexity index is 571. The van der Waals surface area contributed by atoms with Crippen LogP contribution in [0.4, 0.5) is 0 Å². The van der Waals surface area contributed by atoms with Crippen molar-refractivity contribution >= 4 is 11.0 Å². The van der Waals surface area contributed by atoms with E-state index in [9.17, 15) is 0 Å². The van der Waals surface area contributed by atoms with Gasteiger partial charge in [-0.1, -0.05) is 0 Å². The highest BCUT2D eigenvalue weighted by Gasteiger charge is 2.24. The molecule has 1 aliphatic rings. The van der Waals surface area contributed by atoms with Gasteiger partial charge in [-0.15, -0.1) is 0 Å². The van der Waals surface area contributed by atoms with E-state index in [-0.39, 0.29) is 0 Å². The second-order valence-electron chi connectivity index (χ2n) is 4.91. The third kappa shape index (κ3) is 1.57. The second kappa shape index (κ2) is 3.84. The number of hydrogen-bond acceptors (Lipinski definition) is 2. The summed E-state index contributed by atoms with van der Waals surface area (Å²) in [5.41, 5.74) is 5.07. The van der Waals surface area contributed by atoms with Crippen LogP contribution in [0.5, 0.6) is 0 Å². The topological polar surface area (TPSA) is 27.1 Å². The Balaban J connectivity index is 2.22. The lowest BCUT2D eigenvalue weighted by molar-refractivity contribution is 0.0908. The van der Waals surface area contributed by atoms with Crippen molar-refractivity contribution in [2.24, 2.45) is 7.05 Å². The fourth-order valence-electron chi connectivity index (χ4n) is 2.89. The molecule has 17 heavy (non-hydrogen) atoms. The summed E-state index contributed by atoms with van der Waals surface area (Å²) in [6, 6.07) is 4.30. The van der Waals surface area contributed by atoms with Gasteiger partial charge in [-0.2, -0.15) is 0 Å². The van der Waals surface area contributed by atoms with Crippen LogP contribution in [0.3, 0.4) is 0 Å². The number of aromatic nitrogens is 2. The molecule has 0 bridgehead atoms. The highest BCUT2D eigenvalue weighted by molar-refractivity contribution is 5.82. The van der Waals surface area contributed by atoms with E-state index in [1.165, 1.54) is 16.6 Å². The van der Waals surface area contributed by atoms with Gasteiger partial charge in [-0.3, -0.25) is 0 Å². The van der Waals surface area contributed by atoms with Crippen LogP contribution in [0.25, 0.3) is 11.0 Å². The molecular formula is C14H18N2O. The number of ether oxygens (including phenoxy) is 1. The first-order valence-electron chi connectivity index (χ1n) is 6.17. The fraction of sp³-hybridized carbons (Fsp3) is 0.500. The molecule has 1 atom stereocenters. The Kier molecular flexibility index (Phi) is 2.44. The molecule has 0 aliphatic heterocycles. The summed E-state index contributed by atoms with van der Waals surface area (Å²) >= 11 is 0. The molecule has 0 saturated carbocycles. The molecule has 1 unspecified atom stereocenters. The quantitative estimate of drug-likeness (QED) is 0.752. The van der Waals surface area contributed by atoms with Gasteiger partial charge in [0.25, 0.3) is 0 Å². The number of nitrogens with zero attached hydrogens (tertiary/aromatic N) is 2. The van der Waals surface area contributed by atoms with Crippen molar-refractivity contribution in [3.63, 3.8) is 0 Å². The summed E-state index contributed by atoms with van der Waals surface area (Å²) in [7, 11) is 3.93. The molecule has 3 rings (SSSR count). The average Bonchev–Trinajstić information content (AvgIpc) is 2.62. The summed E-state index contributed by atoms with van der Waals surface area (Å²) in [4.78, 5) is 4.65. The van der Waals surface area contributed by atoms with Gasteiger partial charge in [0.05, 0.1) is 6.10 Å². The number of aryl methyl sites for hydroxylation is 2. The molecule has 0 fully saturated rings. The average molecular weight is 230 g/mol. The van der Waals surface area contributed by atoms with E-state index >= 15 is 0 Å². The lowest BCUT2D eigenvalue weighted by atomic mass is 9.93. The Morgan fingerprint density at radius 3 is 3.00 bits per heavy atom. The van der Waals surface area contributed by atoms with E-state index < -0.39 is 0 Å². The third-order valence-electron chi connectivity index (χ3n) is 3.88. The molecule has 3 nitrogen and oxygen atoms in total. The van der Waals surface area contributed by atoms with E-state index in [1.807, 2.05) is 14.0 Å². The highest BCUT2D eigenvalue weighted by Crippen LogP contribution is 2.31. The van der Waals surface area contributed by atoms with Crippen molar-refractivity contribution in [2.45, 2.75) is 32.3 Å². The van der Waals surface area contributed by atoms with Gasteiger partial charge in [-0.05, 0) is 37.5 Å². The highest BCUT2D eigenvalue weighted by atomic mass is 16.5. The molecule has 1 aliphatic carbocycles. The van der Waals surface area contributed by atoms with Crippen LogP contribution < -0.4 is 0 Å². The molecular weight excluding hydrogens is 212 g/mol. The number of fused-ring (bicyclic) bond motifs is 3. The first-order valence-corrected chi connectivity index (χ1v) is 6.17. The zero-order valence-electron chi connectivity index (χ0n) is 10.7. The molecule has 0 saturated heterocycles. The van der Waals surface area contributed by atoms with Crippen LogP contribution in [0.15, 0.2) is 12.1 Å². The molecule has 2 aromatic rings. The van der Waals surface area contributed by atoms with Crippen molar-refractivity contribution in [1.82, 2.24) is 9.55 Å². The zero-order chi connectivity index (χ0) is 12.0. The van der Waals surface area contributed by atoms with Crippen LogP contribution in [0.1, 0.15) is 23.4 Å². The van der Waals surface area contributed by atoms with Gasteiger partial charge < -0.3 is 9.30 Å². The van der Waals surface area contributed by atoms with Crippen LogP contribution in [-0.4, -0.2) is 22.8 Å². The maximum atomic E-state index is 5.50. The molecule has 90 valence electrons. The number of rotatable bonds is 1. The molecule has 0 N–H and O–H groups in total. The Labute approximate surface area is 101 Å². The predicted molar refractivity (Wildman–Crippen MR) is 68.3 cm³/mol. The van der Waals surface area contributed by atoms with E-state index in [1.54, 1.807) is 0 Å². The smallest absolute Gasteiger partial charge is 0.140 e. The lowest BCUT2D eigenvalue weighted by Crippen LogP contribution is -2.21. The second-order valence-corrected chi connectivity index (χ2v) is 4.91. The third-order valence-corrected chi connectivity index (χ3v) is 3.88. The Hall–Kier alpha value is -1.35. The fourth-order valence-corrected chi connectivity index (χ4v) is 2.89. The summed E-state index contributed by atoms with van der Waals surface area (Å²) < 4.78 is 7.75. The van der Waals surface area contributed by atoms with Crippen LogP contribution >= 0.6 is 0 Å². The Morgan fingerprint density at radius 1 is 1.41 bits per heavy atom. The zero-order valence-corrected chi connectivity index (χ0v) is 10.7. The summed E-state index contributed by atoms with van der Waals surface area (Å²) in [5.74, 6) is 0. The minimum atomic E-state index is 0.370. The van der Waals surface area contributed by atoms with Crippen molar-refractivity contribution in [1.29, 1.82) is 0 Å². The minimum absolute atomic E-state index is 0.370. The summed E-state index contributed by atoms with van der Waals surface area (Å²) in [6.45, 7) is 2.05. The standard InChI is InChI=1S/C14H18N2O/c1-9-4-6-11-12-8-10(17-3)5-7-13(12)16(2)14(11)15-9/h4,6,10H,5,7-8H2,1-3H3. The monoisotopic (exact) mass is 230 g/mol. The van der Waals surface area contributed by atoms with Crippen molar-refractivity contribution in [3.8, 4) is 0 Å². The molecule has 0 amide bonds. The first kappa shape index (κ1) is 10.8. The van der Waals surface area contributed by atoms with Crippen molar-refractivity contribution in [2.75, 3.05) is 7.11 Å². The molecule has 2 aromatic heterocycles. The molecule has 3 heteroatoms. The first-order chi connectivity index (χ1) is 8.20. The van der Waals surface area contributed by atoms with Gasteiger partial charge in [0, 0.05) is 37.4 Å². The van der Waals surface area contributed by atoms with Gasteiger partial charge >= 0.3 is 0 Å². The molecule has 0 radical (unpaired) electrons. The van der Waals surface area contributed by atoms with Gasteiger partial charge in [0.15, 0.2) is 0 Å². The van der Waals surface area contributed by atoms with E-state index in [0.717, 1.165) is 30.6 Å². The summed E-state index contributed by atoms with van der Waals surface area (Å²) in [6.07, 6.45) is 3.61. The molecule has 2 heterocycles. The lowest BCUT2D eigenvalue weighted by Gasteiger charge is -2.21. The summed E-state index contributed by atoms with van der Waals surface area (Å²) in [5, 5.41) is 1.30. The van der Waals surface area contributed by atoms with E-state index in [4.69, 9.17) is 4.74 Å². The van der Waals surface area contributed by atoms with Crippen molar-refractivity contribution < 1.29 is 4.74 Å². The predicted octanol–water partition coefficient (Wildman–Crippen LogP) is 2.39. The van der Waals surface area contributed by atoms with Gasteiger partial charge in [0.1, 0.15) is 5.65 Å². The van der Waals surface area contributed by atoms with E-state index in [0.29, 0.717) is 6.10 Å². The molecule has 0 aromatic carbocycles. The maximum absolute atomic E-state index is 5.50. The molecule has 0 spiro atoms. The number of hydrogen-bond donors (Lipinski definition) is 0. The number of methoxy groups -OCH3 is 1. The van der Waals surface area contributed by atoms with Crippen molar-refractivity contribution in [3.05, 3.63) is 29.1 Å². The van der Waals surface area contributed by atoms with Gasteiger partial charge in [0.2, 0.25) is 0 Å².